The maximum atomic E-state index is 12.6. The number of nitrogens with one attached hydrogen (secondary N) is 2. The monoisotopic (exact) mass is 400 g/mol. The molecule has 3 aromatic rings. The number of benzene rings is 3. The van der Waals surface area contributed by atoms with Crippen LogP contribution in [0, 0.1) is 0 Å². The fraction of sp³-hybridized carbons (Fsp3) is 0.143. The Kier molecular flexibility index (Phi) is 6.63. The lowest BCUT2D eigenvalue weighted by molar-refractivity contribution is 0.513. The molecule has 0 aromatic heterocycles. The summed E-state index contributed by atoms with van der Waals surface area (Å²) in [5, 5.41) is 3.94. The van der Waals surface area contributed by atoms with Crippen molar-refractivity contribution in [1.29, 1.82) is 0 Å². The smallest absolute Gasteiger partial charge is 0.240 e. The Morgan fingerprint density at radius 1 is 0.815 bits per heavy atom. The van der Waals surface area contributed by atoms with E-state index in [1.807, 2.05) is 60.7 Å². The van der Waals surface area contributed by atoms with Gasteiger partial charge in [-0.15, -0.1) is 0 Å². The van der Waals surface area contributed by atoms with Gasteiger partial charge in [-0.2, -0.15) is 0 Å². The largest absolute Gasteiger partial charge is 0.305 e. The molecule has 2 N–H and O–H groups in total. The normalized spacial score (nSPS) is 12.6. The van der Waals surface area contributed by atoms with E-state index in [-0.39, 0.29) is 17.5 Å². The first kappa shape index (κ1) is 19.6. The van der Waals surface area contributed by atoms with E-state index in [9.17, 15) is 8.42 Å². The van der Waals surface area contributed by atoms with E-state index in [1.165, 1.54) is 12.1 Å². The van der Waals surface area contributed by atoms with Gasteiger partial charge in [-0.25, -0.2) is 13.1 Å². The summed E-state index contributed by atoms with van der Waals surface area (Å²) in [4.78, 5) is 0.196. The number of halogens is 1. The Morgan fingerprint density at radius 2 is 1.41 bits per heavy atom. The molecule has 0 unspecified atom stereocenters. The number of hydrogen-bond acceptors (Lipinski definition) is 3. The highest BCUT2D eigenvalue weighted by Gasteiger charge is 2.18. The minimum Gasteiger partial charge on any atom is -0.305 e. The zero-order valence-electron chi connectivity index (χ0n) is 14.7. The zero-order valence-corrected chi connectivity index (χ0v) is 16.2. The first-order valence-corrected chi connectivity index (χ1v) is 10.5. The van der Waals surface area contributed by atoms with Crippen LogP contribution in [0.2, 0.25) is 5.02 Å². The van der Waals surface area contributed by atoms with Crippen LogP contribution in [0.25, 0.3) is 0 Å². The van der Waals surface area contributed by atoms with E-state index in [4.69, 9.17) is 11.6 Å². The molecule has 0 saturated heterocycles. The fourth-order valence-corrected chi connectivity index (χ4v) is 3.89. The second kappa shape index (κ2) is 9.15. The van der Waals surface area contributed by atoms with Crippen LogP contribution in [0.15, 0.2) is 89.8 Å². The van der Waals surface area contributed by atoms with Crippen molar-refractivity contribution in [2.24, 2.45) is 0 Å². The molecule has 0 saturated carbocycles. The van der Waals surface area contributed by atoms with Crippen LogP contribution in [-0.4, -0.2) is 15.0 Å². The van der Waals surface area contributed by atoms with Crippen LogP contribution in [0.5, 0.6) is 0 Å². The average Bonchev–Trinajstić information content (AvgIpc) is 2.70. The minimum absolute atomic E-state index is 0.159. The number of rotatable bonds is 8. The van der Waals surface area contributed by atoms with Crippen LogP contribution in [-0.2, 0) is 16.6 Å². The lowest BCUT2D eigenvalue weighted by atomic mass is 10.1. The summed E-state index contributed by atoms with van der Waals surface area (Å²) in [7, 11) is -3.61. The molecule has 27 heavy (non-hydrogen) atoms. The van der Waals surface area contributed by atoms with Crippen molar-refractivity contribution in [3.8, 4) is 0 Å². The summed E-state index contributed by atoms with van der Waals surface area (Å²) in [6.45, 7) is 0.880. The van der Waals surface area contributed by atoms with Crippen molar-refractivity contribution in [3.63, 3.8) is 0 Å². The van der Waals surface area contributed by atoms with E-state index < -0.39 is 10.0 Å². The average molecular weight is 401 g/mol. The molecule has 140 valence electrons. The molecule has 0 aliphatic rings. The summed E-state index contributed by atoms with van der Waals surface area (Å²) in [5.74, 6) is 0. The van der Waals surface area contributed by atoms with E-state index in [1.54, 1.807) is 12.1 Å². The predicted molar refractivity (Wildman–Crippen MR) is 109 cm³/mol. The molecule has 3 rings (SSSR count). The molecule has 0 aliphatic carbocycles. The van der Waals surface area contributed by atoms with Crippen molar-refractivity contribution >= 4 is 21.6 Å². The number of sulfonamides is 1. The molecule has 0 fully saturated rings. The molecule has 6 heteroatoms. The van der Waals surface area contributed by atoms with Gasteiger partial charge in [-0.1, -0.05) is 72.3 Å². The molecule has 0 aliphatic heterocycles. The number of hydrogen-bond donors (Lipinski definition) is 2. The van der Waals surface area contributed by atoms with E-state index in [0.29, 0.717) is 11.6 Å². The summed E-state index contributed by atoms with van der Waals surface area (Å²) < 4.78 is 27.8. The Hall–Kier alpha value is -2.18. The third-order valence-electron chi connectivity index (χ3n) is 4.20. The van der Waals surface area contributed by atoms with Gasteiger partial charge in [0.25, 0.3) is 0 Å². The standard InChI is InChI=1S/C21H21ClN2O2S/c22-19-11-13-20(14-12-19)27(25,26)24-16-21(18-9-5-2-6-10-18)23-15-17-7-3-1-4-8-17/h1-14,21,23-24H,15-16H2/t21-/m1/s1. The third kappa shape index (κ3) is 5.65. The van der Waals surface area contributed by atoms with Crippen molar-refractivity contribution < 1.29 is 8.42 Å². The van der Waals surface area contributed by atoms with Crippen LogP contribution >= 0.6 is 11.6 Å². The van der Waals surface area contributed by atoms with Gasteiger partial charge < -0.3 is 5.32 Å². The van der Waals surface area contributed by atoms with Crippen LogP contribution < -0.4 is 10.0 Å². The summed E-state index contributed by atoms with van der Waals surface area (Å²) >= 11 is 5.84. The Balaban J connectivity index is 1.72. The quantitative estimate of drug-likeness (QED) is 0.597. The SMILES string of the molecule is O=S(=O)(NC[C@@H](NCc1ccccc1)c1ccccc1)c1ccc(Cl)cc1. The molecule has 0 bridgehead atoms. The molecule has 1 atom stereocenters. The fourth-order valence-electron chi connectivity index (χ4n) is 2.72. The van der Waals surface area contributed by atoms with Gasteiger partial charge in [-0.3, -0.25) is 0 Å². The Bertz CT molecular complexity index is 946. The van der Waals surface area contributed by atoms with Gasteiger partial charge in [-0.05, 0) is 35.4 Å². The van der Waals surface area contributed by atoms with Crippen molar-refractivity contribution in [2.45, 2.75) is 17.5 Å². The van der Waals surface area contributed by atoms with Crippen molar-refractivity contribution in [1.82, 2.24) is 10.0 Å². The van der Waals surface area contributed by atoms with Crippen molar-refractivity contribution in [2.75, 3.05) is 6.54 Å². The molecule has 0 amide bonds. The van der Waals surface area contributed by atoms with Gasteiger partial charge in [0, 0.05) is 24.2 Å². The van der Waals surface area contributed by atoms with E-state index in [0.717, 1.165) is 11.1 Å². The van der Waals surface area contributed by atoms with Crippen LogP contribution in [0.3, 0.4) is 0 Å². The molecule has 0 heterocycles. The first-order chi connectivity index (χ1) is 13.0. The molecule has 0 radical (unpaired) electrons. The highest BCUT2D eigenvalue weighted by Crippen LogP contribution is 2.16. The minimum atomic E-state index is -3.61. The second-order valence-corrected chi connectivity index (χ2v) is 8.34. The molecule has 4 nitrogen and oxygen atoms in total. The lowest BCUT2D eigenvalue weighted by Gasteiger charge is -2.20. The predicted octanol–water partition coefficient (Wildman–Crippen LogP) is 4.15. The maximum absolute atomic E-state index is 12.6. The van der Waals surface area contributed by atoms with E-state index in [2.05, 4.69) is 10.0 Å². The molecular weight excluding hydrogens is 380 g/mol. The molecule has 0 spiro atoms. The van der Waals surface area contributed by atoms with Gasteiger partial charge in [0.1, 0.15) is 0 Å². The Labute approximate surface area is 165 Å². The highest BCUT2D eigenvalue weighted by molar-refractivity contribution is 7.89. The maximum Gasteiger partial charge on any atom is 0.240 e. The molecule has 3 aromatic carbocycles. The first-order valence-electron chi connectivity index (χ1n) is 8.62. The van der Waals surface area contributed by atoms with Gasteiger partial charge in [0.2, 0.25) is 10.0 Å². The lowest BCUT2D eigenvalue weighted by Crippen LogP contribution is -2.34. The van der Waals surface area contributed by atoms with Gasteiger partial charge >= 0.3 is 0 Å². The molecular formula is C21H21ClN2O2S. The van der Waals surface area contributed by atoms with Gasteiger partial charge in [0.05, 0.1) is 4.90 Å². The van der Waals surface area contributed by atoms with Gasteiger partial charge in [0.15, 0.2) is 0 Å². The zero-order chi connectivity index (χ0) is 19.1. The van der Waals surface area contributed by atoms with Crippen molar-refractivity contribution in [3.05, 3.63) is 101 Å². The Morgan fingerprint density at radius 3 is 2.04 bits per heavy atom. The topological polar surface area (TPSA) is 58.2 Å². The van der Waals surface area contributed by atoms with Crippen LogP contribution in [0.4, 0.5) is 0 Å². The van der Waals surface area contributed by atoms with E-state index >= 15 is 0 Å². The van der Waals surface area contributed by atoms with Crippen LogP contribution in [0.1, 0.15) is 17.2 Å². The summed E-state index contributed by atoms with van der Waals surface area (Å²) in [6, 6.07) is 25.8. The third-order valence-corrected chi connectivity index (χ3v) is 5.89. The summed E-state index contributed by atoms with van der Waals surface area (Å²) in [6.07, 6.45) is 0. The highest BCUT2D eigenvalue weighted by atomic mass is 35.5. The second-order valence-electron chi connectivity index (χ2n) is 6.14. The summed E-state index contributed by atoms with van der Waals surface area (Å²) in [5.41, 5.74) is 2.16.